The summed E-state index contributed by atoms with van der Waals surface area (Å²) in [5.74, 6) is 0.907. The molecule has 0 spiro atoms. The van der Waals surface area contributed by atoms with Gasteiger partial charge in [-0.05, 0) is 32.1 Å². The minimum absolute atomic E-state index is 0.0109. The van der Waals surface area contributed by atoms with Crippen LogP contribution < -0.4 is 10.2 Å². The number of rotatable bonds is 4. The molecule has 1 aliphatic heterocycles. The number of anilines is 3. The van der Waals surface area contributed by atoms with Gasteiger partial charge in [0.05, 0.1) is 5.69 Å². The summed E-state index contributed by atoms with van der Waals surface area (Å²) >= 11 is 0. The lowest BCUT2D eigenvalue weighted by Crippen LogP contribution is -2.43. The standard InChI is InChI=1S/C18H22F3N7O/c1-27(2)16(29)12-7-4-8-28(12)17-22-11-6-3-5-10(11)15(24-17)23-14-9-13(25-26-14)18(19,20)21/h9,12H,3-8H2,1-2H3,(H2,22,23,24,25,26)/t12-/m0/s1. The minimum atomic E-state index is -4.50. The Hall–Kier alpha value is -2.85. The highest BCUT2D eigenvalue weighted by atomic mass is 19.4. The third-order valence-electron chi connectivity index (χ3n) is 5.29. The summed E-state index contributed by atoms with van der Waals surface area (Å²) in [6.45, 7) is 0.656. The van der Waals surface area contributed by atoms with E-state index in [0.29, 0.717) is 24.7 Å². The SMILES string of the molecule is CN(C)C(=O)[C@@H]1CCCN1c1nc2c(c(Nc3cc(C(F)(F)F)[nH]n3)n1)CCC2. The monoisotopic (exact) mass is 409 g/mol. The normalized spacial score (nSPS) is 18.8. The Morgan fingerprint density at radius 3 is 2.76 bits per heavy atom. The van der Waals surface area contributed by atoms with Gasteiger partial charge in [-0.3, -0.25) is 9.89 Å². The zero-order chi connectivity index (χ0) is 20.8. The summed E-state index contributed by atoms with van der Waals surface area (Å²) in [5.41, 5.74) is 0.828. The molecule has 1 aliphatic carbocycles. The summed E-state index contributed by atoms with van der Waals surface area (Å²) in [6, 6.07) is 0.580. The van der Waals surface area contributed by atoms with Gasteiger partial charge in [0, 0.05) is 32.3 Å². The molecule has 3 heterocycles. The number of fused-ring (bicyclic) bond motifs is 1. The fraction of sp³-hybridized carbons (Fsp3) is 0.556. The number of amides is 1. The van der Waals surface area contributed by atoms with Gasteiger partial charge in [0.2, 0.25) is 11.9 Å². The Morgan fingerprint density at radius 1 is 1.28 bits per heavy atom. The summed E-state index contributed by atoms with van der Waals surface area (Å²) in [6.07, 6.45) is -0.517. The molecule has 2 N–H and O–H groups in total. The first-order valence-electron chi connectivity index (χ1n) is 9.51. The minimum Gasteiger partial charge on any atom is -0.347 e. The lowest BCUT2D eigenvalue weighted by Gasteiger charge is -2.27. The molecule has 0 saturated carbocycles. The molecule has 156 valence electrons. The van der Waals surface area contributed by atoms with Crippen molar-refractivity contribution in [2.45, 2.75) is 44.3 Å². The third-order valence-corrected chi connectivity index (χ3v) is 5.29. The lowest BCUT2D eigenvalue weighted by molar-refractivity contribution is -0.141. The van der Waals surface area contributed by atoms with Crippen molar-refractivity contribution in [2.24, 2.45) is 0 Å². The van der Waals surface area contributed by atoms with Crippen LogP contribution in [0.1, 0.15) is 36.2 Å². The molecule has 0 bridgehead atoms. The van der Waals surface area contributed by atoms with Gasteiger partial charge < -0.3 is 15.1 Å². The van der Waals surface area contributed by atoms with Gasteiger partial charge >= 0.3 is 6.18 Å². The van der Waals surface area contributed by atoms with E-state index in [9.17, 15) is 18.0 Å². The molecule has 1 fully saturated rings. The van der Waals surface area contributed by atoms with Crippen molar-refractivity contribution in [3.05, 3.63) is 23.0 Å². The summed E-state index contributed by atoms with van der Waals surface area (Å²) in [5, 5.41) is 8.61. The van der Waals surface area contributed by atoms with Crippen LogP contribution in [0.2, 0.25) is 0 Å². The Balaban J connectivity index is 1.66. The number of hydrogen-bond acceptors (Lipinski definition) is 6. The molecule has 11 heteroatoms. The molecular formula is C18H22F3N7O. The Bertz CT molecular complexity index is 925. The number of aromatic amines is 1. The zero-order valence-corrected chi connectivity index (χ0v) is 16.2. The molecule has 4 rings (SSSR count). The fourth-order valence-corrected chi connectivity index (χ4v) is 3.86. The van der Waals surface area contributed by atoms with E-state index in [-0.39, 0.29) is 17.8 Å². The third kappa shape index (κ3) is 3.73. The van der Waals surface area contributed by atoms with Crippen molar-refractivity contribution in [1.82, 2.24) is 25.1 Å². The number of nitrogens with one attached hydrogen (secondary N) is 2. The van der Waals surface area contributed by atoms with Crippen LogP contribution in [0.4, 0.5) is 30.8 Å². The van der Waals surface area contributed by atoms with Crippen molar-refractivity contribution in [3.8, 4) is 0 Å². The summed E-state index contributed by atoms with van der Waals surface area (Å²) in [4.78, 5) is 25.2. The molecule has 8 nitrogen and oxygen atoms in total. The van der Waals surface area contributed by atoms with Gasteiger partial charge in [-0.2, -0.15) is 23.3 Å². The van der Waals surface area contributed by atoms with Gasteiger partial charge in [0.1, 0.15) is 17.6 Å². The Labute approximate surface area is 165 Å². The second kappa shape index (κ2) is 7.20. The van der Waals surface area contributed by atoms with Gasteiger partial charge in [0.25, 0.3) is 0 Å². The fourth-order valence-electron chi connectivity index (χ4n) is 3.86. The number of carbonyl (C=O) groups excluding carboxylic acids is 1. The smallest absolute Gasteiger partial charge is 0.347 e. The van der Waals surface area contributed by atoms with E-state index in [0.717, 1.165) is 43.0 Å². The predicted octanol–water partition coefficient (Wildman–Crippen LogP) is 2.51. The van der Waals surface area contributed by atoms with Gasteiger partial charge in [-0.15, -0.1) is 0 Å². The van der Waals surface area contributed by atoms with Crippen molar-refractivity contribution < 1.29 is 18.0 Å². The highest BCUT2D eigenvalue weighted by molar-refractivity contribution is 5.85. The van der Waals surface area contributed by atoms with E-state index in [2.05, 4.69) is 20.4 Å². The summed E-state index contributed by atoms with van der Waals surface area (Å²) in [7, 11) is 3.43. The Kier molecular flexibility index (Phi) is 4.83. The molecule has 2 aromatic heterocycles. The lowest BCUT2D eigenvalue weighted by atomic mass is 10.2. The van der Waals surface area contributed by atoms with Crippen LogP contribution in [0.15, 0.2) is 6.07 Å². The predicted molar refractivity (Wildman–Crippen MR) is 100.0 cm³/mol. The first-order chi connectivity index (χ1) is 13.7. The van der Waals surface area contributed by atoms with Crippen LogP contribution in [0, 0.1) is 0 Å². The van der Waals surface area contributed by atoms with Crippen LogP contribution in [-0.4, -0.2) is 57.7 Å². The molecule has 2 aliphatic rings. The van der Waals surface area contributed by atoms with E-state index in [4.69, 9.17) is 0 Å². The van der Waals surface area contributed by atoms with Crippen LogP contribution in [0.5, 0.6) is 0 Å². The van der Waals surface area contributed by atoms with E-state index in [1.807, 2.05) is 10.00 Å². The van der Waals surface area contributed by atoms with E-state index in [1.54, 1.807) is 19.0 Å². The van der Waals surface area contributed by atoms with Gasteiger partial charge in [0.15, 0.2) is 5.82 Å². The number of aromatic nitrogens is 4. The zero-order valence-electron chi connectivity index (χ0n) is 16.2. The number of H-pyrrole nitrogens is 1. The van der Waals surface area contributed by atoms with Crippen molar-refractivity contribution in [2.75, 3.05) is 30.9 Å². The number of halogens is 3. The van der Waals surface area contributed by atoms with E-state index >= 15 is 0 Å². The quantitative estimate of drug-likeness (QED) is 0.807. The second-order valence-corrected chi connectivity index (χ2v) is 7.52. The Morgan fingerprint density at radius 2 is 2.07 bits per heavy atom. The average Bonchev–Trinajstić information content (AvgIpc) is 3.39. The second-order valence-electron chi connectivity index (χ2n) is 7.52. The van der Waals surface area contributed by atoms with Gasteiger partial charge in [-0.25, -0.2) is 4.98 Å². The van der Waals surface area contributed by atoms with E-state index < -0.39 is 11.9 Å². The number of hydrogen-bond donors (Lipinski definition) is 2. The van der Waals surface area contributed by atoms with Crippen molar-refractivity contribution in [3.63, 3.8) is 0 Å². The molecule has 1 saturated heterocycles. The molecule has 0 unspecified atom stereocenters. The highest BCUT2D eigenvalue weighted by Gasteiger charge is 2.35. The molecule has 0 aromatic carbocycles. The number of carbonyl (C=O) groups is 1. The number of nitrogens with zero attached hydrogens (tertiary/aromatic N) is 5. The average molecular weight is 409 g/mol. The number of aryl methyl sites for hydroxylation is 1. The van der Waals surface area contributed by atoms with Crippen molar-refractivity contribution >= 4 is 23.5 Å². The first-order valence-corrected chi connectivity index (χ1v) is 9.51. The summed E-state index contributed by atoms with van der Waals surface area (Å²) < 4.78 is 38.5. The van der Waals surface area contributed by atoms with Crippen molar-refractivity contribution in [1.29, 1.82) is 0 Å². The maximum atomic E-state index is 12.8. The highest BCUT2D eigenvalue weighted by Crippen LogP contribution is 2.34. The molecule has 1 amide bonds. The molecule has 29 heavy (non-hydrogen) atoms. The maximum absolute atomic E-state index is 12.8. The number of alkyl halides is 3. The first kappa shape index (κ1) is 19.5. The van der Waals surface area contributed by atoms with Crippen LogP contribution in [-0.2, 0) is 23.8 Å². The maximum Gasteiger partial charge on any atom is 0.432 e. The van der Waals surface area contributed by atoms with Gasteiger partial charge in [-0.1, -0.05) is 0 Å². The van der Waals surface area contributed by atoms with Crippen LogP contribution in [0.25, 0.3) is 0 Å². The topological polar surface area (TPSA) is 90.0 Å². The molecule has 1 atom stereocenters. The number of likely N-dealkylation sites (N-methyl/N-ethyl adjacent to an activating group) is 1. The largest absolute Gasteiger partial charge is 0.432 e. The molecule has 2 aromatic rings. The molecular weight excluding hydrogens is 387 g/mol. The van der Waals surface area contributed by atoms with Crippen LogP contribution in [0.3, 0.4) is 0 Å². The van der Waals surface area contributed by atoms with Crippen LogP contribution >= 0.6 is 0 Å². The van der Waals surface area contributed by atoms with E-state index in [1.165, 1.54) is 0 Å². The molecule has 0 radical (unpaired) electrons.